The molecule has 3 fully saturated rings. The Morgan fingerprint density at radius 3 is 1.18 bits per heavy atom. The maximum Gasteiger partial charge on any atom is 0.408 e. The largest absolute Gasteiger partial charge is 0.444 e. The van der Waals surface area contributed by atoms with Crippen LogP contribution in [0.4, 0.5) is 32.6 Å². The fraction of sp³-hybridized carbons (Fsp3) is 0.284. The standard InChI is InChI=1S/2C35H33N5O2.C8H10.C5H10O.2CO2.2CH4.CH3.Pd/c2*1-34(2,3)42-33(41)39-35(20-10-21-35)25-18-16-24(17-19-25)30-29(23-11-5-4-6-12-23)38-32-26-13-7-8-14-27(26)37-31-28(40(30)32)15-9-22-36-31;1-2-8-6-4-3-5-7-8;1-5-3-2-4-6-5;2*2-1-3;;;;/h2*4-9,11-19,22H,10,20-21H2,1-3H3,(H,36,37)(H,39,41);3-7H,2H2,1H3;5H,2-4H2,1H3;;;2*1H4;1H3;/q;;;;;;;;-1;. The second kappa shape index (κ2) is 37.8. The second-order valence-electron chi connectivity index (χ2n) is 27.9. The second-order valence-corrected chi connectivity index (χ2v) is 27.9. The fourth-order valence-electron chi connectivity index (χ4n) is 13.4. The van der Waals surface area contributed by atoms with Gasteiger partial charge < -0.3 is 42.9 Å². The molecular weight excluding hydrogens is 1450 g/mol. The van der Waals surface area contributed by atoms with Crippen molar-refractivity contribution in [3.05, 3.63) is 249 Å². The fourth-order valence-corrected chi connectivity index (χ4v) is 13.4. The number of hydrogen-bond donors (Lipinski definition) is 4. The molecule has 7 heterocycles. The van der Waals surface area contributed by atoms with Crippen molar-refractivity contribution in [3.8, 4) is 79.2 Å². The first-order valence-corrected chi connectivity index (χ1v) is 35.2. The van der Waals surface area contributed by atoms with Crippen LogP contribution in [0.5, 0.6) is 0 Å². The maximum absolute atomic E-state index is 12.7. The van der Waals surface area contributed by atoms with Crippen molar-refractivity contribution in [3.63, 3.8) is 0 Å². The van der Waals surface area contributed by atoms with Crippen molar-refractivity contribution in [2.45, 2.75) is 156 Å². The molecule has 564 valence electrons. The van der Waals surface area contributed by atoms with Gasteiger partial charge in [-0.2, -0.15) is 19.2 Å². The number of hydrogen-bond acceptors (Lipinski definition) is 15. The van der Waals surface area contributed by atoms with Crippen LogP contribution in [0.25, 0.3) is 79.2 Å². The maximum atomic E-state index is 12.7. The van der Waals surface area contributed by atoms with Gasteiger partial charge in [0, 0.05) is 72.8 Å². The van der Waals surface area contributed by atoms with E-state index in [0.29, 0.717) is 6.10 Å². The predicted molar refractivity (Wildman–Crippen MR) is 422 cm³/mol. The van der Waals surface area contributed by atoms with E-state index in [4.69, 9.17) is 53.3 Å². The Bertz CT molecular complexity index is 4540. The molecule has 1 saturated heterocycles. The van der Waals surface area contributed by atoms with Crippen molar-refractivity contribution in [2.75, 3.05) is 17.2 Å². The summed E-state index contributed by atoms with van der Waals surface area (Å²) in [5.74, 6) is 3.25. The summed E-state index contributed by atoms with van der Waals surface area (Å²) in [6, 6.07) is 72.7. The van der Waals surface area contributed by atoms with E-state index in [1.54, 1.807) is 12.4 Å². The quantitative estimate of drug-likeness (QED) is 0.0776. The number of ether oxygens (including phenoxy) is 3. The van der Waals surface area contributed by atoms with E-state index in [9.17, 15) is 9.59 Å². The molecule has 0 spiro atoms. The van der Waals surface area contributed by atoms with E-state index in [-0.39, 0.29) is 67.2 Å². The minimum absolute atomic E-state index is 0. The Balaban J connectivity index is 0.000000232. The third-order valence-corrected chi connectivity index (χ3v) is 18.5. The molecule has 4 aromatic heterocycles. The van der Waals surface area contributed by atoms with Gasteiger partial charge in [0.05, 0.1) is 62.7 Å². The van der Waals surface area contributed by atoms with Gasteiger partial charge in [-0.1, -0.05) is 186 Å². The van der Waals surface area contributed by atoms with Gasteiger partial charge in [0.25, 0.3) is 0 Å². The normalized spacial score (nSPS) is 14.2. The van der Waals surface area contributed by atoms with Crippen LogP contribution in [0.1, 0.15) is 138 Å². The van der Waals surface area contributed by atoms with Crippen LogP contribution in [-0.2, 0) is 71.3 Å². The van der Waals surface area contributed by atoms with Crippen molar-refractivity contribution >= 4 is 47.5 Å². The van der Waals surface area contributed by atoms with Crippen LogP contribution in [0.2, 0.25) is 0 Å². The van der Waals surface area contributed by atoms with E-state index < -0.39 is 22.3 Å². The van der Waals surface area contributed by atoms with Crippen molar-refractivity contribution in [1.82, 2.24) is 39.7 Å². The van der Waals surface area contributed by atoms with Crippen molar-refractivity contribution in [1.29, 1.82) is 0 Å². The zero-order valence-electron chi connectivity index (χ0n) is 61.2. The average Bonchev–Trinajstić information content (AvgIpc) is 1.53. The number of amides is 2. The van der Waals surface area contributed by atoms with E-state index in [0.717, 1.165) is 165 Å². The number of para-hydroxylation sites is 2. The summed E-state index contributed by atoms with van der Waals surface area (Å²) in [6.07, 6.45) is 13.2. The van der Waals surface area contributed by atoms with Crippen LogP contribution in [0.15, 0.2) is 225 Å². The van der Waals surface area contributed by atoms with Crippen molar-refractivity contribution < 1.29 is 63.4 Å². The molecule has 2 aliphatic carbocycles. The minimum Gasteiger partial charge on any atom is -0.444 e. The number of nitrogens with one attached hydrogen (secondary N) is 4. The Labute approximate surface area is 648 Å². The van der Waals surface area contributed by atoms with Crippen LogP contribution in [0.3, 0.4) is 0 Å². The first kappa shape index (κ1) is 84.0. The smallest absolute Gasteiger partial charge is 0.408 e. The molecule has 4 N–H and O–H groups in total. The van der Waals surface area contributed by atoms with E-state index in [1.165, 1.54) is 18.4 Å². The summed E-state index contributed by atoms with van der Waals surface area (Å²) < 4.78 is 20.8. The first-order chi connectivity index (χ1) is 50.3. The van der Waals surface area contributed by atoms with Gasteiger partial charge in [0.1, 0.15) is 22.9 Å². The molecule has 0 radical (unpaired) electrons. The number of nitrogens with zero attached hydrogens (tertiary/aromatic N) is 6. The number of aryl methyl sites for hydroxylation is 1. The van der Waals surface area contributed by atoms with Crippen molar-refractivity contribution in [2.24, 2.45) is 0 Å². The third-order valence-electron chi connectivity index (χ3n) is 18.5. The number of benzene rings is 7. The molecule has 11 aromatic rings. The van der Waals surface area contributed by atoms with Crippen LogP contribution < -0.4 is 21.3 Å². The van der Waals surface area contributed by atoms with Gasteiger partial charge in [-0.05, 0) is 171 Å². The molecule has 2 saturated carbocycles. The number of carbonyl (C=O) groups excluding carboxylic acids is 6. The number of fused-ring (bicyclic) bond motifs is 10. The van der Waals surface area contributed by atoms with Crippen LogP contribution >= 0.6 is 0 Å². The number of pyridine rings is 2. The molecule has 1 unspecified atom stereocenters. The zero-order valence-corrected chi connectivity index (χ0v) is 62.7. The topological polar surface area (TPSA) is 240 Å². The van der Waals surface area contributed by atoms with Gasteiger partial charge in [0.2, 0.25) is 0 Å². The van der Waals surface area contributed by atoms with Gasteiger partial charge in [-0.25, -0.2) is 29.5 Å². The van der Waals surface area contributed by atoms with Gasteiger partial charge in [-0.3, -0.25) is 9.13 Å². The number of anilines is 4. The Morgan fingerprint density at radius 1 is 0.509 bits per heavy atom. The number of rotatable bonds is 9. The summed E-state index contributed by atoms with van der Waals surface area (Å²) in [6.45, 7) is 16.6. The summed E-state index contributed by atoms with van der Waals surface area (Å²) >= 11 is 0. The van der Waals surface area contributed by atoms with Gasteiger partial charge in [-0.15, -0.1) is 0 Å². The summed E-state index contributed by atoms with van der Waals surface area (Å²) in [5.41, 5.74) is 15.3. The Kier molecular flexibility index (Phi) is 29.5. The minimum atomic E-state index is -0.550. The van der Waals surface area contributed by atoms with Crippen LogP contribution in [-0.4, -0.2) is 77.5 Å². The van der Waals surface area contributed by atoms with E-state index >= 15 is 0 Å². The third kappa shape index (κ3) is 19.7. The molecule has 20 heteroatoms. The summed E-state index contributed by atoms with van der Waals surface area (Å²) in [4.78, 5) is 78.0. The SMILES string of the molecule is C.C.CC(C)(C)OC(=O)NC1(c2ccc(-c3c(-c4ccccc4)nc4n3-c3cccnc3Nc3ccccc3-4)cc2)CCC1.CC(C)(C)OC(=O)NC1(c2ccc(-c3c(-c4ccccc4)nc4n3-c3cccnc3Nc3ccccc3-4)cc2)CCC1.CC1CCCO1.CCc1ccccc1.O=C=O.O=C=O.[CH3-].[Pd]. The van der Waals surface area contributed by atoms with Crippen LogP contribution in [0, 0.1) is 7.43 Å². The first-order valence-electron chi connectivity index (χ1n) is 35.2. The molecule has 7 aromatic carbocycles. The molecule has 0 bridgehead atoms. The number of imidazole rings is 2. The van der Waals surface area contributed by atoms with Gasteiger partial charge >= 0.3 is 24.5 Å². The number of alkyl carbamates (subject to hydrolysis) is 2. The molecule has 19 nitrogen and oxygen atoms in total. The summed E-state index contributed by atoms with van der Waals surface area (Å²) in [7, 11) is 0. The van der Waals surface area contributed by atoms with E-state index in [1.807, 2.05) is 120 Å². The molecular formula is C88H97N10O9Pd-. The monoisotopic (exact) mass is 1540 g/mol. The number of aromatic nitrogens is 6. The van der Waals surface area contributed by atoms with Gasteiger partial charge in [0.15, 0.2) is 11.6 Å². The molecule has 16 rings (SSSR count). The predicted octanol–water partition coefficient (Wildman–Crippen LogP) is 20.4. The number of carbonyl (C=O) groups is 2. The molecule has 2 amide bonds. The average molecular weight is 1550 g/mol. The molecule has 1 atom stereocenters. The molecule has 5 aliphatic rings. The van der Waals surface area contributed by atoms with E-state index in [2.05, 4.69) is 178 Å². The Morgan fingerprint density at radius 2 is 0.870 bits per heavy atom. The summed E-state index contributed by atoms with van der Waals surface area (Å²) in [5, 5.41) is 13.4. The molecule has 108 heavy (non-hydrogen) atoms. The Hall–Kier alpha value is -11.2. The molecule has 3 aliphatic heterocycles. The zero-order chi connectivity index (χ0) is 73.4.